The zero-order valence-corrected chi connectivity index (χ0v) is 44.1. The SMILES string of the molecule is CC.F[CH-]n1nnc2ccccc21.[CH3-].[H-].[Rb+].[Rb+].[Rb+].[Rb+].[Rb+].[Rb+]. The van der Waals surface area contributed by atoms with E-state index in [1.165, 1.54) is 0 Å². The van der Waals surface area contributed by atoms with E-state index >= 15 is 0 Å². The van der Waals surface area contributed by atoms with Crippen LogP contribution in [0.4, 0.5) is 4.39 Å². The van der Waals surface area contributed by atoms with Crippen LogP contribution >= 0.6 is 0 Å². The van der Waals surface area contributed by atoms with Crippen molar-refractivity contribution in [2.75, 3.05) is 0 Å². The minimum atomic E-state index is 0. The Labute approximate surface area is 417 Å². The molecule has 1 aromatic heterocycles. The molecule has 0 N–H and O–H groups in total. The molecule has 20 heavy (non-hydrogen) atoms. The van der Waals surface area contributed by atoms with Gasteiger partial charge in [-0.15, -0.1) is 6.07 Å². The van der Waals surface area contributed by atoms with Crippen LogP contribution < -0.4 is 349 Å². The largest absolute Gasteiger partial charge is 1.00 e. The third kappa shape index (κ3) is 19.2. The van der Waals surface area contributed by atoms with Gasteiger partial charge >= 0.3 is 349 Å². The average molecular weight is 709 g/mol. The Morgan fingerprint density at radius 2 is 1.45 bits per heavy atom. The number of benzene rings is 1. The average Bonchev–Trinajstić information content (AvgIpc) is 2.64. The first-order valence-electron chi connectivity index (χ1n) is 4.15. The number of aromatic nitrogens is 3. The van der Waals surface area contributed by atoms with Crippen molar-refractivity contribution in [1.82, 2.24) is 15.0 Å². The number of fused-ring (bicyclic) bond motifs is 1. The maximum Gasteiger partial charge on any atom is 1.00 e. The molecule has 0 atom stereocenters. The quantitative estimate of drug-likeness (QED) is 0.276. The van der Waals surface area contributed by atoms with E-state index in [-0.39, 0.29) is 358 Å². The van der Waals surface area contributed by atoms with Gasteiger partial charge in [0, 0.05) is 12.3 Å². The van der Waals surface area contributed by atoms with E-state index in [4.69, 9.17) is 0 Å². The number of nitrogens with zero attached hydrogens (tertiary/aromatic N) is 3. The van der Waals surface area contributed by atoms with Crippen LogP contribution in [-0.2, 0) is 0 Å². The molecule has 10 heteroatoms. The summed E-state index contributed by atoms with van der Waals surface area (Å²) in [6, 6.07) is 7.18. The van der Waals surface area contributed by atoms with Gasteiger partial charge in [0.05, 0.1) is 0 Å². The van der Waals surface area contributed by atoms with Crippen LogP contribution in [0.2, 0.25) is 0 Å². The summed E-state index contributed by atoms with van der Waals surface area (Å²) in [5, 5.41) is 7.28. The number of halogens is 1. The Morgan fingerprint density at radius 3 is 1.90 bits per heavy atom. The van der Waals surface area contributed by atoms with E-state index in [2.05, 4.69) is 10.3 Å². The molecule has 0 unspecified atom stereocenters. The second-order valence-corrected chi connectivity index (χ2v) is 2.12. The molecule has 0 aliphatic heterocycles. The van der Waals surface area contributed by atoms with Crippen LogP contribution in [0.15, 0.2) is 24.3 Å². The fourth-order valence-corrected chi connectivity index (χ4v) is 0.959. The standard InChI is InChI=1S/C7H5FN3.C2H6.CH3.6Rb.H/c8-5-11-7-4-2-1-3-6(7)9-10-11;1-2;;;;;;;;/h1-5H;1-2H3;1H3;;;;;;;/q-1;;-1;6*+1;-1. The molecule has 0 saturated carbocycles. The van der Waals surface area contributed by atoms with Gasteiger partial charge in [-0.1, -0.05) is 42.8 Å². The molecule has 1 heterocycles. The molecule has 2 aromatic rings. The molecule has 2 rings (SSSR count). The molecule has 0 spiro atoms. The van der Waals surface area contributed by atoms with Crippen molar-refractivity contribution in [3.05, 3.63) is 38.5 Å². The van der Waals surface area contributed by atoms with Crippen LogP contribution in [-0.4, -0.2) is 15.0 Å². The summed E-state index contributed by atoms with van der Waals surface area (Å²) in [5.74, 6) is 0. The molecule has 80 valence electrons. The number of rotatable bonds is 1. The summed E-state index contributed by atoms with van der Waals surface area (Å²) in [7, 11) is 0. The molecular weight excluding hydrogens is 694 g/mol. The molecule has 0 fully saturated rings. The fraction of sp³-hybridized carbons (Fsp3) is 0.200. The molecule has 3 nitrogen and oxygen atoms in total. The fourth-order valence-electron chi connectivity index (χ4n) is 0.959. The third-order valence-corrected chi connectivity index (χ3v) is 1.47. The third-order valence-electron chi connectivity index (χ3n) is 1.47. The summed E-state index contributed by atoms with van der Waals surface area (Å²) in [6.07, 6.45) is 0. The van der Waals surface area contributed by atoms with E-state index in [0.717, 1.165) is 4.68 Å². The van der Waals surface area contributed by atoms with Crippen molar-refractivity contribution in [3.63, 3.8) is 0 Å². The summed E-state index contributed by atoms with van der Waals surface area (Å²) in [4.78, 5) is 0. The molecule has 0 bridgehead atoms. The molecule has 0 saturated heterocycles. The number of hydrogen-bond donors (Lipinski definition) is 0. The summed E-state index contributed by atoms with van der Waals surface area (Å²) < 4.78 is 13.1. The molecule has 0 radical (unpaired) electrons. The molecule has 1 aromatic carbocycles. The van der Waals surface area contributed by atoms with E-state index in [1.54, 1.807) is 12.1 Å². The van der Waals surface area contributed by atoms with Gasteiger partial charge in [0.1, 0.15) is 0 Å². The van der Waals surface area contributed by atoms with Crippen LogP contribution in [0.25, 0.3) is 11.0 Å². The van der Waals surface area contributed by atoms with Crippen LogP contribution in [0, 0.1) is 14.2 Å². The zero-order chi connectivity index (χ0) is 9.68. The molecule has 0 aliphatic rings. The van der Waals surface area contributed by atoms with Gasteiger partial charge in [0.2, 0.25) is 0 Å². The van der Waals surface area contributed by atoms with Crippen molar-refractivity contribution in [2.45, 2.75) is 13.8 Å². The summed E-state index contributed by atoms with van der Waals surface area (Å²) in [6.45, 7) is 4.38. The number of hydrogen-bond acceptors (Lipinski definition) is 2. The zero-order valence-electron chi connectivity index (χ0n) is 15.6. The maximum absolute atomic E-state index is 12.0. The normalized spacial score (nSPS) is 5.95. The van der Waals surface area contributed by atoms with E-state index < -0.39 is 0 Å². The van der Waals surface area contributed by atoms with Gasteiger partial charge in [0.15, 0.2) is 0 Å². The van der Waals surface area contributed by atoms with Crippen molar-refractivity contribution in [3.8, 4) is 0 Å². The van der Waals surface area contributed by atoms with Gasteiger partial charge < -0.3 is 17.9 Å². The Hall–Kier alpha value is 9.25. The predicted octanol–water partition coefficient (Wildman–Crippen LogP) is -15.0. The molecule has 0 amide bonds. The summed E-state index contributed by atoms with van der Waals surface area (Å²) >= 11 is 0. The van der Waals surface area contributed by atoms with Gasteiger partial charge in [-0.25, -0.2) is 0 Å². The van der Waals surface area contributed by atoms with E-state index in [9.17, 15) is 4.39 Å². The van der Waals surface area contributed by atoms with Gasteiger partial charge in [-0.05, 0) is 0 Å². The Kier molecular flexibility index (Phi) is 77.6. The van der Waals surface area contributed by atoms with Crippen molar-refractivity contribution < 1.29 is 355 Å². The van der Waals surface area contributed by atoms with Crippen molar-refractivity contribution in [1.29, 1.82) is 0 Å². The minimum Gasteiger partial charge on any atom is -1.00 e. The molecule has 0 aliphatic carbocycles. The first kappa shape index (κ1) is 47.2. The van der Waals surface area contributed by atoms with Crippen LogP contribution in [0.5, 0.6) is 0 Å². The van der Waals surface area contributed by atoms with Crippen LogP contribution in [0.3, 0.4) is 0 Å². The second kappa shape index (κ2) is 32.9. The van der Waals surface area contributed by atoms with Gasteiger partial charge in [0.25, 0.3) is 0 Å². The van der Waals surface area contributed by atoms with Crippen molar-refractivity contribution in [2.24, 2.45) is 0 Å². The monoisotopic (exact) mass is 706 g/mol. The first-order valence-corrected chi connectivity index (χ1v) is 4.15. The van der Waals surface area contributed by atoms with Crippen molar-refractivity contribution >= 4 is 11.0 Å². The van der Waals surface area contributed by atoms with E-state index in [1.807, 2.05) is 26.0 Å². The van der Waals surface area contributed by atoms with E-state index in [0.29, 0.717) is 17.8 Å². The van der Waals surface area contributed by atoms with Gasteiger partial charge in [-0.3, -0.25) is 0 Å². The Balaban J connectivity index is -0.0000000271. The predicted molar refractivity (Wildman–Crippen MR) is 57.2 cm³/mol. The second-order valence-electron chi connectivity index (χ2n) is 2.12. The first-order chi connectivity index (χ1) is 6.42. The smallest absolute Gasteiger partial charge is 1.00 e. The Bertz CT molecular complexity index is 394. The van der Waals surface area contributed by atoms with Crippen LogP contribution in [0.1, 0.15) is 15.3 Å². The Morgan fingerprint density at radius 1 is 1.00 bits per heavy atom. The van der Waals surface area contributed by atoms with Gasteiger partial charge in [-0.2, -0.15) is 5.10 Å². The topological polar surface area (TPSA) is 30.7 Å². The minimum absolute atomic E-state index is 0. The molecular formula is C10H15FN3Rb6+3. The maximum atomic E-state index is 12.0. The summed E-state index contributed by atoms with van der Waals surface area (Å²) in [5.41, 5.74) is 1.37. The number of para-hydroxylation sites is 1.